The fourth-order valence-corrected chi connectivity index (χ4v) is 13.7. The molecule has 0 saturated heterocycles. The van der Waals surface area contributed by atoms with Crippen LogP contribution in [0.25, 0.3) is 66.8 Å². The zero-order chi connectivity index (χ0) is 49.3. The third-order valence-electron chi connectivity index (χ3n) is 14.2. The van der Waals surface area contributed by atoms with Gasteiger partial charge in [0.25, 0.3) is 0 Å². The molecule has 0 aliphatic carbocycles. The third-order valence-corrected chi connectivity index (χ3v) is 17.2. The summed E-state index contributed by atoms with van der Waals surface area (Å²) >= 11 is 4.20. The Bertz CT molecular complexity index is 2440. The molecule has 0 atom stereocenters. The van der Waals surface area contributed by atoms with Crippen LogP contribution in [-0.2, 0) is 0 Å². The van der Waals surface area contributed by atoms with Crippen molar-refractivity contribution in [1.29, 1.82) is 0 Å². The van der Waals surface area contributed by atoms with Gasteiger partial charge in [-0.05, 0) is 0 Å². The Morgan fingerprint density at radius 2 is 0.441 bits per heavy atom. The molecule has 7 rings (SSSR count). The fraction of sp³-hybridized carbons (Fsp3) is 0.364. The van der Waals surface area contributed by atoms with Crippen molar-refractivity contribution in [1.82, 2.24) is 0 Å². The van der Waals surface area contributed by atoms with Crippen LogP contribution in [0.4, 0.5) is 0 Å². The summed E-state index contributed by atoms with van der Waals surface area (Å²) < 4.78 is 1.37. The van der Waals surface area contributed by atoms with Crippen LogP contribution in [0.15, 0.2) is 127 Å². The quantitative estimate of drug-likeness (QED) is 0.0898. The van der Waals surface area contributed by atoms with Crippen molar-refractivity contribution >= 4 is 31.7 Å². The second kappa shape index (κ2) is 21.7. The summed E-state index contributed by atoms with van der Waals surface area (Å²) in [7, 11) is 0. The van der Waals surface area contributed by atoms with Crippen LogP contribution in [-0.4, -0.2) is 13.1 Å². The number of rotatable bonds is 15. The minimum atomic E-state index is -0.0129. The van der Waals surface area contributed by atoms with E-state index in [0.717, 1.165) is 0 Å². The summed E-state index contributed by atoms with van der Waals surface area (Å²) in [6.07, 6.45) is 0. The van der Waals surface area contributed by atoms with E-state index in [1.807, 2.05) is 0 Å². The first-order valence-corrected chi connectivity index (χ1v) is 30.5. The van der Waals surface area contributed by atoms with Gasteiger partial charge in [0, 0.05) is 0 Å². The molecule has 68 heavy (non-hydrogen) atoms. The van der Waals surface area contributed by atoms with Crippen LogP contribution < -0.4 is 4.46 Å². The normalized spacial score (nSPS) is 12.1. The van der Waals surface area contributed by atoms with Gasteiger partial charge in [-0.15, -0.1) is 0 Å². The van der Waals surface area contributed by atoms with Gasteiger partial charge >= 0.3 is 429 Å². The SMILES string of the molecule is CC(C)c1cccc(C(C)C)c1-c1cc(-c2cccc(-c3cc(-c4c(C(C)C)cccc4C(C)C)cc(-c4c(C(C)C)cccc4C(C)C)c3)c2[Se]Br)cc(-c2c(C(C)C)cccc2C(C)C)c1. The molecule has 0 heterocycles. The van der Waals surface area contributed by atoms with Crippen LogP contribution in [0.3, 0.4) is 0 Å². The molecule has 0 fully saturated rings. The van der Waals surface area contributed by atoms with Crippen molar-refractivity contribution < 1.29 is 0 Å². The Hall–Kier alpha value is -4.46. The molecule has 7 aromatic carbocycles. The maximum absolute atomic E-state index is 4.22. The van der Waals surface area contributed by atoms with E-state index in [1.165, 1.54) is 116 Å². The Balaban J connectivity index is 1.61. The van der Waals surface area contributed by atoms with Gasteiger partial charge in [-0.2, -0.15) is 0 Å². The van der Waals surface area contributed by atoms with Crippen molar-refractivity contribution in [2.75, 3.05) is 0 Å². The van der Waals surface area contributed by atoms with Gasteiger partial charge in [0.05, 0.1) is 0 Å². The van der Waals surface area contributed by atoms with Gasteiger partial charge < -0.3 is 0 Å². The molecule has 0 bridgehead atoms. The predicted molar refractivity (Wildman–Crippen MR) is 306 cm³/mol. The Kier molecular flexibility index (Phi) is 16.4. The zero-order valence-corrected chi connectivity index (χ0v) is 47.3. The van der Waals surface area contributed by atoms with Crippen LogP contribution in [0.2, 0.25) is 0 Å². The molecule has 354 valence electrons. The van der Waals surface area contributed by atoms with Crippen molar-refractivity contribution in [3.63, 3.8) is 0 Å². The molecule has 0 saturated carbocycles. The third kappa shape index (κ3) is 10.4. The summed E-state index contributed by atoms with van der Waals surface area (Å²) in [5, 5.41) is 0. The molecule has 0 N–H and O–H groups in total. The van der Waals surface area contributed by atoms with Gasteiger partial charge in [0.1, 0.15) is 0 Å². The number of hydrogen-bond acceptors (Lipinski definition) is 0. The predicted octanol–water partition coefficient (Wildman–Crippen LogP) is 20.3. The Labute approximate surface area is 425 Å². The summed E-state index contributed by atoms with van der Waals surface area (Å²) in [6, 6.07) is 50.2. The van der Waals surface area contributed by atoms with E-state index in [-0.39, 0.29) is 13.1 Å². The van der Waals surface area contributed by atoms with E-state index in [9.17, 15) is 0 Å². The minimum absolute atomic E-state index is 0.0129. The fourth-order valence-electron chi connectivity index (χ4n) is 10.8. The average Bonchev–Trinajstić information content (AvgIpc) is 3.32. The monoisotopic (exact) mass is 1030 g/mol. The first-order valence-electron chi connectivity index (χ1n) is 25.6. The van der Waals surface area contributed by atoms with E-state index < -0.39 is 0 Å². The Morgan fingerprint density at radius 3 is 0.618 bits per heavy atom. The first-order chi connectivity index (χ1) is 32.3. The maximum atomic E-state index is 4.22. The number of benzene rings is 7. The van der Waals surface area contributed by atoms with Crippen molar-refractivity contribution in [2.24, 2.45) is 0 Å². The van der Waals surface area contributed by atoms with Crippen LogP contribution in [0.5, 0.6) is 0 Å². The average molecular weight is 1030 g/mol. The number of halogens is 1. The Morgan fingerprint density at radius 1 is 0.265 bits per heavy atom. The van der Waals surface area contributed by atoms with E-state index >= 15 is 0 Å². The molecule has 0 spiro atoms. The van der Waals surface area contributed by atoms with Gasteiger partial charge in [0.15, 0.2) is 0 Å². The van der Waals surface area contributed by atoms with Crippen LogP contribution >= 0.6 is 14.1 Å². The standard InChI is InChI=1S/C66H77BrSe/c1-38(2)52-22-17-23-53(39(3)4)62(52)48-32-46(33-49(36-48)63-54(40(5)6)24-18-25-55(63)41(7)8)60-30-21-31-61(66(60)68-67)47-34-50(64-56(42(9)10)26-19-27-57(64)43(11)12)37-51(35-47)65-58(44(13)14)28-20-29-59(65)45(15)16/h17-45H,1-16H3. The molecule has 0 aliphatic rings. The summed E-state index contributed by atoms with van der Waals surface area (Å²) in [6.45, 7) is 37.6. The van der Waals surface area contributed by atoms with Crippen LogP contribution in [0.1, 0.15) is 203 Å². The van der Waals surface area contributed by atoms with E-state index in [0.29, 0.717) is 47.3 Å². The molecule has 2 heteroatoms. The summed E-state index contributed by atoms with van der Waals surface area (Å²) in [5.74, 6) is 3.04. The molecule has 0 amide bonds. The molecule has 0 radical (unpaired) electrons. The van der Waals surface area contributed by atoms with Gasteiger partial charge in [0.2, 0.25) is 0 Å². The molecular weight excluding hydrogens is 952 g/mol. The molecule has 0 unspecified atom stereocenters. The first kappa shape index (κ1) is 51.4. The van der Waals surface area contributed by atoms with Crippen molar-refractivity contribution in [2.45, 2.75) is 158 Å². The number of hydrogen-bond donors (Lipinski definition) is 0. The van der Waals surface area contributed by atoms with Crippen LogP contribution in [0, 0.1) is 0 Å². The van der Waals surface area contributed by atoms with E-state index in [1.54, 1.807) is 0 Å². The molecular formula is C66H77BrSe. The van der Waals surface area contributed by atoms with E-state index in [2.05, 4.69) is 252 Å². The van der Waals surface area contributed by atoms with Crippen molar-refractivity contribution in [3.8, 4) is 66.8 Å². The zero-order valence-electron chi connectivity index (χ0n) is 44.0. The van der Waals surface area contributed by atoms with E-state index in [4.69, 9.17) is 0 Å². The van der Waals surface area contributed by atoms with Crippen molar-refractivity contribution in [3.05, 3.63) is 172 Å². The second-order valence-corrected chi connectivity index (χ2v) is 24.7. The molecule has 0 aliphatic heterocycles. The molecule has 0 nitrogen and oxygen atoms in total. The summed E-state index contributed by atoms with van der Waals surface area (Å²) in [4.78, 5) is 0. The van der Waals surface area contributed by atoms with Gasteiger partial charge in [-0.3, -0.25) is 0 Å². The topological polar surface area (TPSA) is 0 Å². The second-order valence-electron chi connectivity index (χ2n) is 21.8. The van der Waals surface area contributed by atoms with Gasteiger partial charge in [-0.25, -0.2) is 0 Å². The molecule has 0 aromatic heterocycles. The summed E-state index contributed by atoms with van der Waals surface area (Å²) in [5.41, 5.74) is 27.2. The molecule has 7 aromatic rings. The van der Waals surface area contributed by atoms with Gasteiger partial charge in [-0.1, -0.05) is 0 Å².